The van der Waals surface area contributed by atoms with E-state index in [1.165, 1.54) is 0 Å². The molecule has 74 valence electrons. The van der Waals surface area contributed by atoms with Crippen LogP contribution >= 0.6 is 0 Å². The van der Waals surface area contributed by atoms with E-state index in [1.54, 1.807) is 0 Å². The molecular formula is C12H21N. The standard InChI is InChI=1S/C12H21N/c1-4-7-10-11(8-5-2)12(13)9-6-3/h4-9H2,1-3H3. The second-order valence-electron chi connectivity index (χ2n) is 3.35. The zero-order chi connectivity index (χ0) is 10.1. The normalized spacial score (nSPS) is 11.2. The van der Waals surface area contributed by atoms with Crippen molar-refractivity contribution in [2.45, 2.75) is 59.3 Å². The van der Waals surface area contributed by atoms with Crippen molar-refractivity contribution < 1.29 is 0 Å². The Morgan fingerprint density at radius 3 is 2.08 bits per heavy atom. The molecule has 0 bridgehead atoms. The topological polar surface area (TPSA) is 22.3 Å². The Balaban J connectivity index is 4.13. The lowest BCUT2D eigenvalue weighted by Crippen LogP contribution is -2.00. The Morgan fingerprint density at radius 1 is 1.00 bits per heavy atom. The van der Waals surface area contributed by atoms with Crippen LogP contribution in [-0.4, -0.2) is 5.71 Å². The highest BCUT2D eigenvalue weighted by Gasteiger charge is 2.07. The summed E-state index contributed by atoms with van der Waals surface area (Å²) in [6.45, 7) is 6.35. The van der Waals surface area contributed by atoms with E-state index in [1.807, 2.05) is 0 Å². The zero-order valence-corrected chi connectivity index (χ0v) is 9.19. The molecule has 0 amide bonds. The molecule has 1 heteroatoms. The van der Waals surface area contributed by atoms with Crippen LogP contribution in [0.4, 0.5) is 0 Å². The third-order valence-electron chi connectivity index (χ3n) is 1.92. The van der Waals surface area contributed by atoms with E-state index >= 15 is 0 Å². The zero-order valence-electron chi connectivity index (χ0n) is 9.19. The minimum Gasteiger partial charge on any atom is -0.700 e. The van der Waals surface area contributed by atoms with Gasteiger partial charge in [-0.25, -0.2) is 0 Å². The van der Waals surface area contributed by atoms with E-state index in [-0.39, 0.29) is 0 Å². The van der Waals surface area contributed by atoms with Gasteiger partial charge >= 0.3 is 0 Å². The summed E-state index contributed by atoms with van der Waals surface area (Å²) in [6, 6.07) is 0. The van der Waals surface area contributed by atoms with Crippen LogP contribution in [0.3, 0.4) is 0 Å². The van der Waals surface area contributed by atoms with Crippen LogP contribution in [-0.2, 0) is 0 Å². The Kier molecular flexibility index (Phi) is 7.53. The van der Waals surface area contributed by atoms with E-state index in [0.717, 1.165) is 44.1 Å². The summed E-state index contributed by atoms with van der Waals surface area (Å²) in [4.78, 5) is 0. The Morgan fingerprint density at radius 2 is 1.62 bits per heavy atom. The minimum atomic E-state index is 0.554. The maximum Gasteiger partial charge on any atom is 0.149 e. The Bertz CT molecular complexity index is 168. The minimum absolute atomic E-state index is 0.554. The van der Waals surface area contributed by atoms with Crippen LogP contribution in [0.5, 0.6) is 0 Å². The Hall–Kier alpha value is -0.680. The molecule has 0 fully saturated rings. The molecule has 0 N–H and O–H groups in total. The van der Waals surface area contributed by atoms with Gasteiger partial charge in [-0.1, -0.05) is 20.8 Å². The summed E-state index contributed by atoms with van der Waals surface area (Å²) in [5, 5.41) is 9.68. The second-order valence-corrected chi connectivity index (χ2v) is 3.35. The smallest absolute Gasteiger partial charge is 0.149 e. The predicted octanol–water partition coefficient (Wildman–Crippen LogP) is 4.13. The van der Waals surface area contributed by atoms with Crippen LogP contribution in [0.15, 0.2) is 5.57 Å². The molecule has 13 heavy (non-hydrogen) atoms. The van der Waals surface area contributed by atoms with E-state index in [2.05, 4.69) is 26.8 Å². The number of rotatable bonds is 7. The fourth-order valence-electron chi connectivity index (χ4n) is 1.25. The molecule has 0 rings (SSSR count). The first-order valence-corrected chi connectivity index (χ1v) is 5.41. The molecule has 0 aromatic heterocycles. The van der Waals surface area contributed by atoms with Crippen molar-refractivity contribution in [2.75, 3.05) is 0 Å². The lowest BCUT2D eigenvalue weighted by molar-refractivity contribution is 0.879. The largest absolute Gasteiger partial charge is 0.700 e. The first kappa shape index (κ1) is 12.3. The lowest BCUT2D eigenvalue weighted by Gasteiger charge is -2.03. The first-order chi connectivity index (χ1) is 6.26. The van der Waals surface area contributed by atoms with E-state index in [0.29, 0.717) is 5.71 Å². The number of allylic oxidation sites excluding steroid dienone is 2. The van der Waals surface area contributed by atoms with E-state index in [9.17, 15) is 5.41 Å². The Labute approximate surface area is 82.7 Å². The molecule has 0 radical (unpaired) electrons. The maximum absolute atomic E-state index is 9.68. The van der Waals surface area contributed by atoms with Crippen molar-refractivity contribution >= 4 is 5.71 Å². The van der Waals surface area contributed by atoms with Gasteiger partial charge in [0.2, 0.25) is 0 Å². The van der Waals surface area contributed by atoms with Crippen molar-refractivity contribution in [1.29, 1.82) is 0 Å². The van der Waals surface area contributed by atoms with Gasteiger partial charge in [0.05, 0.1) is 12.5 Å². The predicted molar refractivity (Wildman–Crippen MR) is 59.8 cm³/mol. The molecule has 0 saturated carbocycles. The molecule has 0 aliphatic heterocycles. The van der Waals surface area contributed by atoms with Gasteiger partial charge < -0.3 is 5.41 Å². The van der Waals surface area contributed by atoms with Gasteiger partial charge in [-0.05, 0) is 25.0 Å². The van der Waals surface area contributed by atoms with Crippen LogP contribution in [0, 0.1) is 6.08 Å². The van der Waals surface area contributed by atoms with Gasteiger partial charge in [0.15, 0.2) is 0 Å². The van der Waals surface area contributed by atoms with Gasteiger partial charge in [-0.3, -0.25) is 0 Å². The highest BCUT2D eigenvalue weighted by atomic mass is 14.4. The highest BCUT2D eigenvalue weighted by Crippen LogP contribution is 2.11. The summed E-state index contributed by atoms with van der Waals surface area (Å²) < 4.78 is 0. The monoisotopic (exact) mass is 179 g/mol. The molecule has 0 aliphatic rings. The number of hydrogen-bond acceptors (Lipinski definition) is 0. The van der Waals surface area contributed by atoms with Crippen LogP contribution in [0.2, 0.25) is 0 Å². The van der Waals surface area contributed by atoms with Gasteiger partial charge in [0.1, 0.15) is 5.57 Å². The summed E-state index contributed by atoms with van der Waals surface area (Å²) in [5.41, 5.74) is 1.60. The maximum atomic E-state index is 9.68. The van der Waals surface area contributed by atoms with E-state index < -0.39 is 0 Å². The molecule has 1 nitrogen and oxygen atoms in total. The van der Waals surface area contributed by atoms with Gasteiger partial charge in [-0.15, -0.1) is 0 Å². The van der Waals surface area contributed by atoms with Crippen molar-refractivity contribution in [3.63, 3.8) is 0 Å². The van der Waals surface area contributed by atoms with Crippen molar-refractivity contribution in [2.24, 2.45) is 0 Å². The number of nitrogens with zero attached hydrogens (tertiary/aromatic N) is 1. The number of unbranched alkanes of at least 4 members (excludes halogenated alkanes) is 1. The molecular weight excluding hydrogens is 158 g/mol. The molecule has 0 unspecified atom stereocenters. The number of hydrogen-bond donors (Lipinski definition) is 0. The average Bonchev–Trinajstić information content (AvgIpc) is 2.12. The van der Waals surface area contributed by atoms with Gasteiger partial charge in [-0.2, -0.15) is 0 Å². The molecule has 0 aromatic carbocycles. The third kappa shape index (κ3) is 5.54. The molecule has 0 saturated heterocycles. The van der Waals surface area contributed by atoms with Gasteiger partial charge in [0, 0.05) is 12.8 Å². The quantitative estimate of drug-likeness (QED) is 0.414. The van der Waals surface area contributed by atoms with Crippen molar-refractivity contribution in [3.05, 3.63) is 17.1 Å². The summed E-state index contributed by atoms with van der Waals surface area (Å²) in [5.74, 6) is 0. The summed E-state index contributed by atoms with van der Waals surface area (Å²) >= 11 is 0. The highest BCUT2D eigenvalue weighted by molar-refractivity contribution is 6.01. The molecule has 0 aromatic rings. The fraction of sp³-hybridized carbons (Fsp3) is 0.750. The first-order valence-electron chi connectivity index (χ1n) is 5.41. The third-order valence-corrected chi connectivity index (χ3v) is 1.92. The summed E-state index contributed by atoms with van der Waals surface area (Å²) in [6.07, 6.45) is 9.20. The van der Waals surface area contributed by atoms with Crippen LogP contribution in [0.25, 0.3) is 5.41 Å². The van der Waals surface area contributed by atoms with Crippen molar-refractivity contribution in [3.8, 4) is 0 Å². The second kappa shape index (κ2) is 7.94. The molecule has 0 atom stereocenters. The lowest BCUT2D eigenvalue weighted by atomic mass is 10.0. The molecule has 0 heterocycles. The average molecular weight is 179 g/mol. The van der Waals surface area contributed by atoms with Crippen LogP contribution in [0.1, 0.15) is 59.3 Å². The molecule has 0 spiro atoms. The van der Waals surface area contributed by atoms with E-state index in [4.69, 9.17) is 0 Å². The van der Waals surface area contributed by atoms with Crippen molar-refractivity contribution in [1.82, 2.24) is 0 Å². The SMILES string of the molecule is CCC[C+]=C(CCC)C(=[N-])CCC. The molecule has 0 aliphatic carbocycles. The van der Waals surface area contributed by atoms with Gasteiger partial charge in [0.25, 0.3) is 0 Å². The summed E-state index contributed by atoms with van der Waals surface area (Å²) in [7, 11) is 0. The fourth-order valence-corrected chi connectivity index (χ4v) is 1.25. The van der Waals surface area contributed by atoms with Crippen LogP contribution < -0.4 is 0 Å².